The zero-order valence-corrected chi connectivity index (χ0v) is 58.6. The minimum Gasteiger partial charge on any atom is -0.462 e. The number of aliphatic hydroxyl groups is 1. The predicted molar refractivity (Wildman–Crippen MR) is 354 cm³/mol. The number of ether oxygens (including phenoxy) is 4. The topological polar surface area (TPSA) is 237 Å². The van der Waals surface area contributed by atoms with E-state index in [2.05, 4.69) is 34.6 Å². The molecule has 0 aliphatic heterocycles. The van der Waals surface area contributed by atoms with Crippen LogP contribution >= 0.6 is 15.6 Å². The second-order valence-corrected chi connectivity index (χ2v) is 28.3. The van der Waals surface area contributed by atoms with E-state index in [1.165, 1.54) is 180 Å². The summed E-state index contributed by atoms with van der Waals surface area (Å²) in [4.78, 5) is 72.5. The number of hydrogen-bond donors (Lipinski definition) is 3. The first kappa shape index (κ1) is 86.1. The molecule has 0 aliphatic carbocycles. The normalized spacial score (nSPS) is 14.1. The van der Waals surface area contributed by atoms with Crippen LogP contribution in [-0.2, 0) is 65.4 Å². The zero-order valence-electron chi connectivity index (χ0n) is 56.9. The van der Waals surface area contributed by atoms with Gasteiger partial charge < -0.3 is 33.8 Å². The van der Waals surface area contributed by atoms with Gasteiger partial charge in [0.2, 0.25) is 0 Å². The smallest absolute Gasteiger partial charge is 0.462 e. The number of rotatable bonds is 69. The van der Waals surface area contributed by atoms with Crippen LogP contribution in [-0.4, -0.2) is 96.7 Å². The first-order valence-electron chi connectivity index (χ1n) is 36.1. The lowest BCUT2D eigenvalue weighted by atomic mass is 10.0. The maximum Gasteiger partial charge on any atom is 0.472 e. The fourth-order valence-corrected chi connectivity index (χ4v) is 12.0. The SMILES string of the molecule is CCCCCCCCCCCCCCCC(=O)OC[C@H](COP(=O)(O)OC[C@@H](O)COP(=O)(O)OC[C@@H](COC(=O)CCCCCCCCCCC)OC(=O)CCCCCCCCCCCCCCC)OC(=O)CCCCCCCCCCCCC(C)C. The van der Waals surface area contributed by atoms with E-state index in [1.54, 1.807) is 0 Å². The van der Waals surface area contributed by atoms with Gasteiger partial charge in [0.1, 0.15) is 19.3 Å². The molecule has 0 aromatic rings. The van der Waals surface area contributed by atoms with Gasteiger partial charge in [-0.05, 0) is 31.6 Å². The monoisotopic (exact) mass is 1300 g/mol. The molecule has 0 rings (SSSR count). The van der Waals surface area contributed by atoms with Crippen molar-refractivity contribution in [3.8, 4) is 0 Å². The lowest BCUT2D eigenvalue weighted by Crippen LogP contribution is -2.30. The molecule has 0 amide bonds. The molecule has 19 heteroatoms. The maximum atomic E-state index is 13.0. The number of phosphoric ester groups is 2. The summed E-state index contributed by atoms with van der Waals surface area (Å²) in [6.45, 7) is 7.22. The third-order valence-corrected chi connectivity index (χ3v) is 17.9. The van der Waals surface area contributed by atoms with Crippen LogP contribution in [0.3, 0.4) is 0 Å². The van der Waals surface area contributed by atoms with Gasteiger partial charge in [0.25, 0.3) is 0 Å². The van der Waals surface area contributed by atoms with Crippen LogP contribution in [0.5, 0.6) is 0 Å². The van der Waals surface area contributed by atoms with E-state index in [0.29, 0.717) is 25.7 Å². The van der Waals surface area contributed by atoms with Gasteiger partial charge in [-0.3, -0.25) is 37.3 Å². The fourth-order valence-electron chi connectivity index (χ4n) is 10.5. The van der Waals surface area contributed by atoms with Gasteiger partial charge in [-0.15, -0.1) is 0 Å². The highest BCUT2D eigenvalue weighted by Crippen LogP contribution is 2.45. The van der Waals surface area contributed by atoms with Crippen LogP contribution in [0.2, 0.25) is 0 Å². The van der Waals surface area contributed by atoms with E-state index in [-0.39, 0.29) is 25.7 Å². The van der Waals surface area contributed by atoms with Crippen LogP contribution in [0, 0.1) is 5.92 Å². The molecule has 0 aliphatic rings. The molecule has 88 heavy (non-hydrogen) atoms. The summed E-state index contributed by atoms with van der Waals surface area (Å²) in [6, 6.07) is 0. The summed E-state index contributed by atoms with van der Waals surface area (Å²) in [6.07, 6.45) is 48.4. The molecule has 0 aromatic heterocycles. The Hall–Kier alpha value is -1.94. The van der Waals surface area contributed by atoms with E-state index in [0.717, 1.165) is 95.8 Å². The Morgan fingerprint density at radius 3 is 0.773 bits per heavy atom. The molecule has 0 saturated carbocycles. The van der Waals surface area contributed by atoms with Crippen molar-refractivity contribution in [1.29, 1.82) is 0 Å². The summed E-state index contributed by atoms with van der Waals surface area (Å²) in [5.41, 5.74) is 0. The van der Waals surface area contributed by atoms with Gasteiger partial charge in [0.05, 0.1) is 26.4 Å². The third-order valence-electron chi connectivity index (χ3n) is 16.0. The van der Waals surface area contributed by atoms with Crippen molar-refractivity contribution in [3.63, 3.8) is 0 Å². The summed E-state index contributed by atoms with van der Waals surface area (Å²) >= 11 is 0. The molecule has 0 spiro atoms. The van der Waals surface area contributed by atoms with E-state index in [1.807, 2.05) is 0 Å². The van der Waals surface area contributed by atoms with Crippen LogP contribution in [0.1, 0.15) is 356 Å². The van der Waals surface area contributed by atoms with Crippen molar-refractivity contribution >= 4 is 39.5 Å². The van der Waals surface area contributed by atoms with Gasteiger partial charge >= 0.3 is 39.5 Å². The van der Waals surface area contributed by atoms with E-state index >= 15 is 0 Å². The average molecular weight is 1300 g/mol. The second kappa shape index (κ2) is 62.5. The molecule has 0 radical (unpaired) electrons. The quantitative estimate of drug-likeness (QED) is 0.0222. The lowest BCUT2D eigenvalue weighted by molar-refractivity contribution is -0.161. The molecule has 3 N–H and O–H groups in total. The standard InChI is InChI=1S/C69H134O17P2/c1-6-9-12-15-18-21-23-25-27-33-38-43-48-53-67(72)80-59-65(86-69(74)55-50-45-40-35-30-29-32-36-41-46-51-62(4)5)61-84-88(77,78)82-57-63(70)56-81-87(75,76)83-60-64(58-79-66(71)52-47-42-37-31-20-17-14-11-8-3)85-68(73)54-49-44-39-34-28-26-24-22-19-16-13-10-7-2/h62-65,70H,6-61H2,1-5H3,(H,75,76)(H,77,78)/t63-,64+,65+/m0/s1. The van der Waals surface area contributed by atoms with E-state index < -0.39 is 97.5 Å². The Morgan fingerprint density at radius 1 is 0.307 bits per heavy atom. The highest BCUT2D eigenvalue weighted by molar-refractivity contribution is 7.47. The number of unbranched alkanes of at least 4 members (excludes halogenated alkanes) is 41. The van der Waals surface area contributed by atoms with E-state index in [4.69, 9.17) is 37.0 Å². The Labute approximate surface area is 537 Å². The minimum atomic E-state index is -4.95. The Balaban J connectivity index is 5.24. The molecule has 0 heterocycles. The minimum absolute atomic E-state index is 0.107. The molecule has 5 atom stereocenters. The predicted octanol–water partition coefficient (Wildman–Crippen LogP) is 19.7. The summed E-state index contributed by atoms with van der Waals surface area (Å²) in [5.74, 6) is -1.37. The maximum absolute atomic E-state index is 13.0. The lowest BCUT2D eigenvalue weighted by Gasteiger charge is -2.21. The number of phosphoric acid groups is 2. The largest absolute Gasteiger partial charge is 0.472 e. The molecule has 0 fully saturated rings. The Kier molecular flexibility index (Phi) is 61.1. The first-order chi connectivity index (χ1) is 42.5. The van der Waals surface area contributed by atoms with Crippen molar-refractivity contribution < 1.29 is 80.2 Å². The van der Waals surface area contributed by atoms with Crippen LogP contribution in [0.25, 0.3) is 0 Å². The number of carbonyl (C=O) groups excluding carboxylic acids is 4. The summed E-state index contributed by atoms with van der Waals surface area (Å²) in [7, 11) is -9.89. The van der Waals surface area contributed by atoms with Gasteiger partial charge in [-0.2, -0.15) is 0 Å². The van der Waals surface area contributed by atoms with Crippen LogP contribution < -0.4 is 0 Å². The summed E-state index contributed by atoms with van der Waals surface area (Å²) in [5, 5.41) is 10.6. The molecule has 17 nitrogen and oxygen atoms in total. The molecule has 522 valence electrons. The first-order valence-corrected chi connectivity index (χ1v) is 39.1. The van der Waals surface area contributed by atoms with Gasteiger partial charge in [0.15, 0.2) is 12.2 Å². The molecule has 0 aromatic carbocycles. The van der Waals surface area contributed by atoms with E-state index in [9.17, 15) is 43.2 Å². The number of carbonyl (C=O) groups is 4. The highest BCUT2D eigenvalue weighted by atomic mass is 31.2. The zero-order chi connectivity index (χ0) is 64.9. The Morgan fingerprint density at radius 2 is 0.523 bits per heavy atom. The fraction of sp³-hybridized carbons (Fsp3) is 0.942. The Bertz CT molecular complexity index is 1700. The van der Waals surface area contributed by atoms with Crippen molar-refractivity contribution in [2.75, 3.05) is 39.6 Å². The molecule has 0 saturated heterocycles. The van der Waals surface area contributed by atoms with Gasteiger partial charge in [-0.1, -0.05) is 304 Å². The van der Waals surface area contributed by atoms with Crippen LogP contribution in [0.15, 0.2) is 0 Å². The number of esters is 4. The van der Waals surface area contributed by atoms with Gasteiger partial charge in [0, 0.05) is 25.7 Å². The van der Waals surface area contributed by atoms with Gasteiger partial charge in [-0.25, -0.2) is 9.13 Å². The second-order valence-electron chi connectivity index (χ2n) is 25.4. The summed E-state index contributed by atoms with van der Waals surface area (Å²) < 4.78 is 68.2. The van der Waals surface area contributed by atoms with Crippen LogP contribution in [0.4, 0.5) is 0 Å². The van der Waals surface area contributed by atoms with Crippen molar-refractivity contribution in [2.45, 2.75) is 374 Å². The molecule has 0 bridgehead atoms. The van der Waals surface area contributed by atoms with Crippen molar-refractivity contribution in [3.05, 3.63) is 0 Å². The average Bonchev–Trinajstić information content (AvgIpc) is 3.64. The molecule has 2 unspecified atom stereocenters. The number of aliphatic hydroxyl groups excluding tert-OH is 1. The molecular weight excluding hydrogens is 1160 g/mol. The number of hydrogen-bond acceptors (Lipinski definition) is 15. The highest BCUT2D eigenvalue weighted by Gasteiger charge is 2.30. The molecular formula is C69H134O17P2. The third kappa shape index (κ3) is 62.8. The van der Waals surface area contributed by atoms with Crippen molar-refractivity contribution in [2.24, 2.45) is 5.92 Å². The van der Waals surface area contributed by atoms with Crippen molar-refractivity contribution in [1.82, 2.24) is 0 Å².